The number of fused-ring (bicyclic) bond motifs is 6. The number of para-hydroxylation sites is 4. The van der Waals surface area contributed by atoms with Gasteiger partial charge < -0.3 is 8.98 Å². The van der Waals surface area contributed by atoms with Gasteiger partial charge in [-0.3, -0.25) is 4.57 Å². The highest BCUT2D eigenvalue weighted by atomic mass is 16.3. The SMILES string of the molecule is c1ccc(-c2cc3ccc4c(c5ccccc5n4-c4cccc(-c5nc6ccccc6n5-c5ccccc5)c4)c3o2)cc1. The molecule has 0 unspecified atom stereocenters. The molecular formula is C39H25N3O. The quantitative estimate of drug-likeness (QED) is 0.218. The number of furan rings is 1. The van der Waals surface area contributed by atoms with Crippen molar-refractivity contribution in [2.75, 3.05) is 0 Å². The Balaban J connectivity index is 1.29. The van der Waals surface area contributed by atoms with Crippen molar-refractivity contribution in [2.45, 2.75) is 0 Å². The van der Waals surface area contributed by atoms with E-state index in [0.29, 0.717) is 0 Å². The summed E-state index contributed by atoms with van der Waals surface area (Å²) in [5.41, 5.74) is 9.49. The maximum atomic E-state index is 6.59. The van der Waals surface area contributed by atoms with Crippen LogP contribution in [-0.4, -0.2) is 14.1 Å². The smallest absolute Gasteiger partial charge is 0.145 e. The molecule has 9 aromatic rings. The van der Waals surface area contributed by atoms with Gasteiger partial charge in [-0.05, 0) is 60.7 Å². The van der Waals surface area contributed by atoms with Crippen LogP contribution in [0.2, 0.25) is 0 Å². The fraction of sp³-hybridized carbons (Fsp3) is 0. The lowest BCUT2D eigenvalue weighted by Crippen LogP contribution is -1.99. The minimum absolute atomic E-state index is 0.877. The van der Waals surface area contributed by atoms with Crippen LogP contribution in [0.5, 0.6) is 0 Å². The Morgan fingerprint density at radius 3 is 2.05 bits per heavy atom. The molecule has 0 aliphatic heterocycles. The Hall–Kier alpha value is -5.87. The van der Waals surface area contributed by atoms with Crippen LogP contribution in [0.15, 0.2) is 156 Å². The standard InChI is InChI=1S/C39H25N3O/c1-3-12-26(13-4-1)36-25-27-22-23-35-37(38(27)43-36)31-18-7-9-20-33(31)41(35)30-17-11-14-28(24-30)39-40-32-19-8-10-21-34(32)42(39)29-15-5-2-6-16-29/h1-25H. The van der Waals surface area contributed by atoms with Gasteiger partial charge in [0.15, 0.2) is 0 Å². The molecule has 0 atom stereocenters. The normalized spacial score (nSPS) is 11.7. The van der Waals surface area contributed by atoms with Crippen LogP contribution >= 0.6 is 0 Å². The van der Waals surface area contributed by atoms with E-state index in [0.717, 1.165) is 72.5 Å². The van der Waals surface area contributed by atoms with E-state index >= 15 is 0 Å². The Morgan fingerprint density at radius 1 is 0.488 bits per heavy atom. The third kappa shape index (κ3) is 3.67. The Bertz CT molecular complexity index is 2450. The molecule has 202 valence electrons. The second-order valence-corrected chi connectivity index (χ2v) is 10.9. The maximum absolute atomic E-state index is 6.59. The predicted octanol–water partition coefficient (Wildman–Crippen LogP) is 10.2. The van der Waals surface area contributed by atoms with Gasteiger partial charge in [0.25, 0.3) is 0 Å². The van der Waals surface area contributed by atoms with Gasteiger partial charge in [-0.15, -0.1) is 0 Å². The first kappa shape index (κ1) is 23.8. The van der Waals surface area contributed by atoms with Gasteiger partial charge in [0.2, 0.25) is 0 Å². The maximum Gasteiger partial charge on any atom is 0.145 e. The van der Waals surface area contributed by atoms with E-state index in [1.807, 2.05) is 30.3 Å². The molecule has 0 spiro atoms. The van der Waals surface area contributed by atoms with E-state index in [-0.39, 0.29) is 0 Å². The molecule has 43 heavy (non-hydrogen) atoms. The largest absolute Gasteiger partial charge is 0.455 e. The molecule has 0 radical (unpaired) electrons. The van der Waals surface area contributed by atoms with Gasteiger partial charge in [-0.25, -0.2) is 4.98 Å². The van der Waals surface area contributed by atoms with Gasteiger partial charge in [0, 0.05) is 33.3 Å². The molecule has 0 aliphatic rings. The lowest BCUT2D eigenvalue weighted by molar-refractivity contribution is 0.635. The molecule has 4 heteroatoms. The minimum Gasteiger partial charge on any atom is -0.455 e. The molecule has 0 fully saturated rings. The summed E-state index contributed by atoms with van der Waals surface area (Å²) in [6.45, 7) is 0. The minimum atomic E-state index is 0.877. The summed E-state index contributed by atoms with van der Waals surface area (Å²) < 4.78 is 11.2. The molecule has 3 aromatic heterocycles. The molecule has 0 amide bonds. The summed E-state index contributed by atoms with van der Waals surface area (Å²) in [4.78, 5) is 5.12. The van der Waals surface area contributed by atoms with Crippen molar-refractivity contribution in [3.63, 3.8) is 0 Å². The second-order valence-electron chi connectivity index (χ2n) is 10.9. The fourth-order valence-corrected chi connectivity index (χ4v) is 6.41. The highest BCUT2D eigenvalue weighted by molar-refractivity contribution is 6.20. The third-order valence-electron chi connectivity index (χ3n) is 8.32. The number of imidazole rings is 1. The summed E-state index contributed by atoms with van der Waals surface area (Å²) in [5, 5.41) is 3.38. The summed E-state index contributed by atoms with van der Waals surface area (Å²) in [7, 11) is 0. The number of benzene rings is 6. The van der Waals surface area contributed by atoms with E-state index in [1.54, 1.807) is 0 Å². The first-order chi connectivity index (χ1) is 21.3. The van der Waals surface area contributed by atoms with Crippen molar-refractivity contribution in [1.29, 1.82) is 0 Å². The summed E-state index contributed by atoms with van der Waals surface area (Å²) >= 11 is 0. The molecule has 0 saturated heterocycles. The first-order valence-corrected chi connectivity index (χ1v) is 14.5. The number of rotatable bonds is 4. The molecule has 0 bridgehead atoms. The molecule has 0 N–H and O–H groups in total. The molecule has 0 aliphatic carbocycles. The number of hydrogen-bond donors (Lipinski definition) is 0. The second kappa shape index (κ2) is 9.33. The lowest BCUT2D eigenvalue weighted by Gasteiger charge is -2.12. The zero-order valence-electron chi connectivity index (χ0n) is 23.2. The van der Waals surface area contributed by atoms with Crippen LogP contribution in [0.3, 0.4) is 0 Å². The van der Waals surface area contributed by atoms with Crippen LogP contribution in [-0.2, 0) is 0 Å². The molecule has 9 rings (SSSR count). The molecule has 6 aromatic carbocycles. The molecule has 4 nitrogen and oxygen atoms in total. The van der Waals surface area contributed by atoms with Crippen molar-refractivity contribution in [2.24, 2.45) is 0 Å². The van der Waals surface area contributed by atoms with Crippen molar-refractivity contribution in [3.8, 4) is 34.1 Å². The van der Waals surface area contributed by atoms with Crippen LogP contribution in [0.4, 0.5) is 0 Å². The van der Waals surface area contributed by atoms with E-state index in [2.05, 4.69) is 130 Å². The van der Waals surface area contributed by atoms with Crippen LogP contribution in [0.25, 0.3) is 77.9 Å². The number of nitrogens with zero attached hydrogens (tertiary/aromatic N) is 3. The van der Waals surface area contributed by atoms with Crippen molar-refractivity contribution in [1.82, 2.24) is 14.1 Å². The van der Waals surface area contributed by atoms with Gasteiger partial charge in [0.1, 0.15) is 17.2 Å². The van der Waals surface area contributed by atoms with Gasteiger partial charge >= 0.3 is 0 Å². The highest BCUT2D eigenvalue weighted by Crippen LogP contribution is 2.40. The average molecular weight is 552 g/mol. The number of aromatic nitrogens is 3. The highest BCUT2D eigenvalue weighted by Gasteiger charge is 2.19. The predicted molar refractivity (Wildman–Crippen MR) is 176 cm³/mol. The molecule has 3 heterocycles. The van der Waals surface area contributed by atoms with Gasteiger partial charge in [-0.2, -0.15) is 0 Å². The Labute approximate surface area is 247 Å². The average Bonchev–Trinajstić information content (AvgIpc) is 3.77. The molecule has 0 saturated carbocycles. The van der Waals surface area contributed by atoms with E-state index in [4.69, 9.17) is 9.40 Å². The first-order valence-electron chi connectivity index (χ1n) is 14.5. The van der Waals surface area contributed by atoms with Crippen molar-refractivity contribution in [3.05, 3.63) is 152 Å². The van der Waals surface area contributed by atoms with E-state index < -0.39 is 0 Å². The van der Waals surface area contributed by atoms with Crippen LogP contribution in [0, 0.1) is 0 Å². The number of hydrogen-bond acceptors (Lipinski definition) is 2. The summed E-state index contributed by atoms with van der Waals surface area (Å²) in [6, 6.07) is 52.9. The fourth-order valence-electron chi connectivity index (χ4n) is 6.41. The lowest BCUT2D eigenvalue weighted by atomic mass is 10.1. The monoisotopic (exact) mass is 551 g/mol. The summed E-state index contributed by atoms with van der Waals surface area (Å²) in [6.07, 6.45) is 0. The van der Waals surface area contributed by atoms with Crippen molar-refractivity contribution >= 4 is 43.8 Å². The van der Waals surface area contributed by atoms with E-state index in [9.17, 15) is 0 Å². The Kier molecular flexibility index (Phi) is 5.16. The van der Waals surface area contributed by atoms with Gasteiger partial charge in [0.05, 0.1) is 27.5 Å². The molecular weight excluding hydrogens is 526 g/mol. The van der Waals surface area contributed by atoms with Gasteiger partial charge in [-0.1, -0.05) is 91.0 Å². The zero-order valence-corrected chi connectivity index (χ0v) is 23.2. The summed E-state index contributed by atoms with van der Waals surface area (Å²) in [5.74, 6) is 1.79. The zero-order chi connectivity index (χ0) is 28.3. The third-order valence-corrected chi connectivity index (χ3v) is 8.32. The van der Waals surface area contributed by atoms with E-state index in [1.165, 1.54) is 5.39 Å². The van der Waals surface area contributed by atoms with Crippen LogP contribution < -0.4 is 0 Å². The van der Waals surface area contributed by atoms with Crippen molar-refractivity contribution < 1.29 is 4.42 Å². The topological polar surface area (TPSA) is 35.9 Å². The Morgan fingerprint density at radius 2 is 1.19 bits per heavy atom. The van der Waals surface area contributed by atoms with Crippen LogP contribution in [0.1, 0.15) is 0 Å².